The zero-order valence-corrected chi connectivity index (χ0v) is 20.2. The van der Waals surface area contributed by atoms with Crippen molar-refractivity contribution in [1.82, 2.24) is 10.2 Å². The van der Waals surface area contributed by atoms with Gasteiger partial charge in [-0.1, -0.05) is 30.2 Å². The molecule has 0 spiro atoms. The third kappa shape index (κ3) is 5.22. The molecule has 0 bridgehead atoms. The molecular formula is C22H30N2O4S3. The van der Waals surface area contributed by atoms with Gasteiger partial charge >= 0.3 is 0 Å². The van der Waals surface area contributed by atoms with Gasteiger partial charge in [-0.05, 0) is 56.4 Å². The maximum absolute atomic E-state index is 13.3. The molecule has 3 atom stereocenters. The van der Waals surface area contributed by atoms with Crippen LogP contribution in [0, 0.1) is 6.92 Å². The highest BCUT2D eigenvalue weighted by Crippen LogP contribution is 2.30. The molecule has 0 radical (unpaired) electrons. The Bertz CT molecular complexity index is 1070. The molecule has 9 heteroatoms. The fourth-order valence-corrected chi connectivity index (χ4v) is 10.2. The van der Waals surface area contributed by atoms with Crippen LogP contribution >= 0.6 is 11.3 Å². The molecule has 2 aliphatic heterocycles. The Hall–Kier alpha value is -1.26. The minimum atomic E-state index is -3.75. The highest BCUT2D eigenvalue weighted by Gasteiger charge is 2.46. The van der Waals surface area contributed by atoms with Crippen molar-refractivity contribution < 1.29 is 16.8 Å². The summed E-state index contributed by atoms with van der Waals surface area (Å²) < 4.78 is 51.5. The first-order valence-corrected chi connectivity index (χ1v) is 15.0. The van der Waals surface area contributed by atoms with E-state index in [1.807, 2.05) is 13.0 Å². The lowest BCUT2D eigenvalue weighted by molar-refractivity contribution is 0.160. The SMILES string of the molecule is Cc1ccc(S(=O)(=O)[C@H]2CS(=O)(=O)C[C@@H]2NCC(c2cccs2)N2CCCCC2)cc1. The number of likely N-dealkylation sites (tertiary alicyclic amines) is 1. The Labute approximate surface area is 189 Å². The van der Waals surface area contributed by atoms with Gasteiger partial charge in [0.05, 0.1) is 27.7 Å². The Morgan fingerprint density at radius 2 is 1.81 bits per heavy atom. The molecule has 2 aliphatic rings. The predicted octanol–water partition coefficient (Wildman–Crippen LogP) is 2.81. The van der Waals surface area contributed by atoms with Crippen LogP contribution in [0.5, 0.6) is 0 Å². The van der Waals surface area contributed by atoms with Gasteiger partial charge in [0.2, 0.25) is 0 Å². The van der Waals surface area contributed by atoms with Crippen LogP contribution in [0.2, 0.25) is 0 Å². The fraction of sp³-hybridized carbons (Fsp3) is 0.545. The Kier molecular flexibility index (Phi) is 6.88. The van der Waals surface area contributed by atoms with E-state index in [2.05, 4.69) is 21.7 Å². The summed E-state index contributed by atoms with van der Waals surface area (Å²) >= 11 is 1.69. The average Bonchev–Trinajstić information content (AvgIpc) is 3.37. The highest BCUT2D eigenvalue weighted by atomic mass is 32.2. The van der Waals surface area contributed by atoms with Crippen LogP contribution in [0.4, 0.5) is 0 Å². The fourth-order valence-electron chi connectivity index (χ4n) is 4.60. The van der Waals surface area contributed by atoms with Crippen LogP contribution in [-0.4, -0.2) is 64.2 Å². The Morgan fingerprint density at radius 3 is 2.45 bits per heavy atom. The lowest BCUT2D eigenvalue weighted by Crippen LogP contribution is -2.47. The molecule has 2 aromatic rings. The largest absolute Gasteiger partial charge is 0.310 e. The van der Waals surface area contributed by atoms with E-state index in [1.165, 1.54) is 11.3 Å². The summed E-state index contributed by atoms with van der Waals surface area (Å²) in [4.78, 5) is 3.86. The number of nitrogens with one attached hydrogen (secondary N) is 1. The second-order valence-corrected chi connectivity index (χ2v) is 13.9. The topological polar surface area (TPSA) is 83.5 Å². The number of piperidine rings is 1. The number of hydrogen-bond acceptors (Lipinski definition) is 7. The predicted molar refractivity (Wildman–Crippen MR) is 125 cm³/mol. The van der Waals surface area contributed by atoms with Crippen LogP contribution in [-0.2, 0) is 19.7 Å². The van der Waals surface area contributed by atoms with E-state index in [4.69, 9.17) is 0 Å². The summed E-state index contributed by atoms with van der Waals surface area (Å²) in [7, 11) is -7.18. The van der Waals surface area contributed by atoms with Gasteiger partial charge in [-0.3, -0.25) is 4.90 Å². The number of hydrogen-bond donors (Lipinski definition) is 1. The van der Waals surface area contributed by atoms with Crippen LogP contribution < -0.4 is 5.32 Å². The third-order valence-electron chi connectivity index (χ3n) is 6.32. The first-order chi connectivity index (χ1) is 14.8. The minimum absolute atomic E-state index is 0.131. The number of sulfone groups is 2. The van der Waals surface area contributed by atoms with E-state index in [9.17, 15) is 16.8 Å². The summed E-state index contributed by atoms with van der Waals surface area (Å²) in [6, 6.07) is 10.3. The number of nitrogens with zero attached hydrogens (tertiary/aromatic N) is 1. The van der Waals surface area contributed by atoms with Crippen molar-refractivity contribution in [1.29, 1.82) is 0 Å². The summed E-state index contributed by atoms with van der Waals surface area (Å²) in [5.41, 5.74) is 0.966. The van der Waals surface area contributed by atoms with E-state index in [1.54, 1.807) is 35.6 Å². The van der Waals surface area contributed by atoms with E-state index in [-0.39, 0.29) is 22.4 Å². The van der Waals surface area contributed by atoms with Gasteiger partial charge in [0.1, 0.15) is 0 Å². The van der Waals surface area contributed by atoms with Gasteiger partial charge in [-0.15, -0.1) is 11.3 Å². The minimum Gasteiger partial charge on any atom is -0.310 e. The zero-order valence-electron chi connectivity index (χ0n) is 17.7. The van der Waals surface area contributed by atoms with Gasteiger partial charge in [0, 0.05) is 17.5 Å². The molecule has 1 aromatic heterocycles. The molecule has 170 valence electrons. The number of thiophene rings is 1. The first-order valence-electron chi connectivity index (χ1n) is 10.8. The highest BCUT2D eigenvalue weighted by molar-refractivity contribution is 7.96. The van der Waals surface area contributed by atoms with Crippen molar-refractivity contribution >= 4 is 31.0 Å². The lowest BCUT2D eigenvalue weighted by atomic mass is 10.1. The standard InChI is InChI=1S/C22H30N2O4S3/c1-17-7-9-18(10-8-17)31(27,28)22-16-30(25,26)15-19(22)23-14-20(21-6-5-13-29-21)24-11-3-2-4-12-24/h5-10,13,19-20,22-23H,2-4,11-12,14-16H2,1H3/t19-,20?,22-/m0/s1. The molecule has 6 nitrogen and oxygen atoms in total. The van der Waals surface area contributed by atoms with E-state index in [0.717, 1.165) is 31.5 Å². The first kappa shape index (κ1) is 22.9. The summed E-state index contributed by atoms with van der Waals surface area (Å²) in [5, 5.41) is 4.45. The Balaban J connectivity index is 1.55. The molecule has 4 rings (SSSR count). The van der Waals surface area contributed by atoms with Crippen molar-refractivity contribution in [3.05, 3.63) is 52.2 Å². The van der Waals surface area contributed by atoms with Crippen molar-refractivity contribution in [2.45, 2.75) is 48.4 Å². The van der Waals surface area contributed by atoms with Crippen LogP contribution in [0.1, 0.15) is 35.7 Å². The molecular weight excluding hydrogens is 452 g/mol. The summed E-state index contributed by atoms with van der Waals surface area (Å²) in [6.45, 7) is 4.46. The van der Waals surface area contributed by atoms with E-state index < -0.39 is 31.0 Å². The number of rotatable bonds is 7. The molecule has 1 N–H and O–H groups in total. The molecule has 2 fully saturated rings. The van der Waals surface area contributed by atoms with Crippen molar-refractivity contribution in [3.8, 4) is 0 Å². The van der Waals surface area contributed by atoms with Gasteiger partial charge < -0.3 is 5.32 Å². The van der Waals surface area contributed by atoms with Crippen molar-refractivity contribution in [3.63, 3.8) is 0 Å². The quantitative estimate of drug-likeness (QED) is 0.653. The molecule has 3 heterocycles. The van der Waals surface area contributed by atoms with E-state index >= 15 is 0 Å². The maximum Gasteiger partial charge on any atom is 0.183 e. The maximum atomic E-state index is 13.3. The van der Waals surface area contributed by atoms with Crippen molar-refractivity contribution in [2.24, 2.45) is 0 Å². The summed E-state index contributed by atoms with van der Waals surface area (Å²) in [6.07, 6.45) is 3.55. The molecule has 0 amide bonds. The normalized spacial score (nSPS) is 25.5. The Morgan fingerprint density at radius 1 is 1.10 bits per heavy atom. The molecule has 1 unspecified atom stereocenters. The van der Waals surface area contributed by atoms with Crippen LogP contribution in [0.15, 0.2) is 46.7 Å². The van der Waals surface area contributed by atoms with Crippen molar-refractivity contribution in [2.75, 3.05) is 31.1 Å². The van der Waals surface area contributed by atoms with Gasteiger partial charge in [-0.2, -0.15) is 0 Å². The number of aryl methyl sites for hydroxylation is 1. The van der Waals surface area contributed by atoms with E-state index in [0.29, 0.717) is 6.54 Å². The molecule has 1 aromatic carbocycles. The average molecular weight is 483 g/mol. The number of benzene rings is 1. The van der Waals surface area contributed by atoms with Gasteiger partial charge in [0.25, 0.3) is 0 Å². The van der Waals surface area contributed by atoms with Crippen LogP contribution in [0.3, 0.4) is 0 Å². The third-order valence-corrected chi connectivity index (χ3v) is 11.5. The zero-order chi connectivity index (χ0) is 22.1. The van der Waals surface area contributed by atoms with Crippen LogP contribution in [0.25, 0.3) is 0 Å². The summed E-state index contributed by atoms with van der Waals surface area (Å²) in [5.74, 6) is -0.464. The van der Waals surface area contributed by atoms with Gasteiger partial charge in [0.15, 0.2) is 19.7 Å². The molecule has 0 saturated carbocycles. The molecule has 2 saturated heterocycles. The molecule has 0 aliphatic carbocycles. The lowest BCUT2D eigenvalue weighted by Gasteiger charge is -2.35. The molecule has 31 heavy (non-hydrogen) atoms. The second-order valence-electron chi connectivity index (χ2n) is 8.62. The monoisotopic (exact) mass is 482 g/mol. The second kappa shape index (κ2) is 9.31. The van der Waals surface area contributed by atoms with Gasteiger partial charge in [-0.25, -0.2) is 16.8 Å². The smallest absolute Gasteiger partial charge is 0.183 e.